The molecule has 0 fully saturated rings. The van der Waals surface area contributed by atoms with E-state index < -0.39 is 5.60 Å². The van der Waals surface area contributed by atoms with E-state index in [0.717, 1.165) is 19.5 Å². The number of ether oxygens (including phenoxy) is 1. The van der Waals surface area contributed by atoms with Crippen LogP contribution in [0.15, 0.2) is 0 Å². The Kier molecular flexibility index (Phi) is 7.19. The third kappa shape index (κ3) is 8.98. The van der Waals surface area contributed by atoms with Crippen LogP contribution in [0.5, 0.6) is 0 Å². The number of carbonyl (C=O) groups is 1. The molecule has 0 spiro atoms. The molecule has 102 valence electrons. The number of nitrogens with zero attached hydrogens (tertiary/aromatic N) is 1. The second-order valence-corrected chi connectivity index (χ2v) is 5.67. The van der Waals surface area contributed by atoms with E-state index in [4.69, 9.17) is 4.74 Å². The molecule has 0 bridgehead atoms. The summed E-state index contributed by atoms with van der Waals surface area (Å²) in [6.45, 7) is 12.6. The normalized spacial score (nSPS) is 13.3. The van der Waals surface area contributed by atoms with Gasteiger partial charge in [0.25, 0.3) is 0 Å². The Balaban J connectivity index is 3.90. The van der Waals surface area contributed by atoms with Crippen molar-refractivity contribution >= 4 is 6.09 Å². The highest BCUT2D eigenvalue weighted by molar-refractivity contribution is 5.67. The van der Waals surface area contributed by atoms with E-state index in [2.05, 4.69) is 19.2 Å². The highest BCUT2D eigenvalue weighted by Gasteiger charge is 2.20. The fourth-order valence-electron chi connectivity index (χ4n) is 1.47. The predicted octanol–water partition coefficient (Wildman–Crippen LogP) is 2.49. The molecule has 4 nitrogen and oxygen atoms in total. The van der Waals surface area contributed by atoms with Crippen molar-refractivity contribution in [3.63, 3.8) is 0 Å². The van der Waals surface area contributed by atoms with E-state index >= 15 is 0 Å². The van der Waals surface area contributed by atoms with Gasteiger partial charge in [-0.05, 0) is 46.2 Å². The molecule has 0 aromatic heterocycles. The summed E-state index contributed by atoms with van der Waals surface area (Å²) in [6.07, 6.45) is 0.883. The summed E-state index contributed by atoms with van der Waals surface area (Å²) in [5, 5.41) is 3.35. The Morgan fingerprint density at radius 2 is 2.00 bits per heavy atom. The Bertz CT molecular complexity index is 224. The quantitative estimate of drug-likeness (QED) is 0.730. The largest absolute Gasteiger partial charge is 0.444 e. The van der Waals surface area contributed by atoms with Crippen molar-refractivity contribution in [3.8, 4) is 0 Å². The number of nitrogens with one attached hydrogen (secondary N) is 1. The van der Waals surface area contributed by atoms with Gasteiger partial charge < -0.3 is 15.0 Å². The summed E-state index contributed by atoms with van der Waals surface area (Å²) < 4.78 is 5.29. The maximum atomic E-state index is 11.7. The van der Waals surface area contributed by atoms with Crippen molar-refractivity contribution in [2.75, 3.05) is 26.7 Å². The molecule has 0 aliphatic heterocycles. The van der Waals surface area contributed by atoms with Gasteiger partial charge in [0, 0.05) is 13.6 Å². The summed E-state index contributed by atoms with van der Waals surface area (Å²) in [5.74, 6) is 0.430. The first-order valence-electron chi connectivity index (χ1n) is 6.41. The smallest absolute Gasteiger partial charge is 0.410 e. The van der Waals surface area contributed by atoms with Crippen LogP contribution in [-0.2, 0) is 4.74 Å². The van der Waals surface area contributed by atoms with Gasteiger partial charge in [0.15, 0.2) is 0 Å². The molecule has 0 aromatic rings. The van der Waals surface area contributed by atoms with Crippen LogP contribution in [-0.4, -0.2) is 43.3 Å². The lowest BCUT2D eigenvalue weighted by Crippen LogP contribution is -2.38. The lowest BCUT2D eigenvalue weighted by molar-refractivity contribution is 0.0277. The molecule has 0 saturated heterocycles. The van der Waals surface area contributed by atoms with Gasteiger partial charge in [0.1, 0.15) is 5.60 Å². The van der Waals surface area contributed by atoms with E-state index in [1.807, 2.05) is 20.8 Å². The zero-order valence-electron chi connectivity index (χ0n) is 12.2. The van der Waals surface area contributed by atoms with E-state index in [1.165, 1.54) is 0 Å². The SMILES string of the molecule is CCCNCC(C)CN(C)C(=O)OC(C)(C)C. The molecule has 0 aromatic carbocycles. The Labute approximate surface area is 106 Å². The number of carbonyl (C=O) groups excluding carboxylic acids is 1. The molecule has 1 N–H and O–H groups in total. The minimum atomic E-state index is -0.422. The molecule has 0 aliphatic carbocycles. The molecule has 0 radical (unpaired) electrons. The van der Waals surface area contributed by atoms with Crippen LogP contribution in [0.25, 0.3) is 0 Å². The molecule has 0 rings (SSSR count). The standard InChI is InChI=1S/C13H28N2O2/c1-7-8-14-9-11(2)10-15(6)12(16)17-13(3,4)5/h11,14H,7-10H2,1-6H3. The number of amides is 1. The summed E-state index contributed by atoms with van der Waals surface area (Å²) in [7, 11) is 1.78. The van der Waals surface area contributed by atoms with Crippen LogP contribution in [0, 0.1) is 5.92 Å². The first kappa shape index (κ1) is 16.2. The van der Waals surface area contributed by atoms with Gasteiger partial charge in [-0.3, -0.25) is 0 Å². The van der Waals surface area contributed by atoms with Crippen molar-refractivity contribution in [1.82, 2.24) is 10.2 Å². The minimum Gasteiger partial charge on any atom is -0.444 e. The van der Waals surface area contributed by atoms with E-state index in [1.54, 1.807) is 11.9 Å². The van der Waals surface area contributed by atoms with Crippen molar-refractivity contribution < 1.29 is 9.53 Å². The van der Waals surface area contributed by atoms with Gasteiger partial charge in [0.2, 0.25) is 0 Å². The highest BCUT2D eigenvalue weighted by atomic mass is 16.6. The van der Waals surface area contributed by atoms with Crippen molar-refractivity contribution in [3.05, 3.63) is 0 Å². The lowest BCUT2D eigenvalue weighted by atomic mass is 10.1. The van der Waals surface area contributed by atoms with Crippen molar-refractivity contribution in [2.24, 2.45) is 5.92 Å². The average molecular weight is 244 g/mol. The van der Waals surface area contributed by atoms with Crippen molar-refractivity contribution in [1.29, 1.82) is 0 Å². The summed E-state index contributed by atoms with van der Waals surface area (Å²) in [4.78, 5) is 13.3. The fraction of sp³-hybridized carbons (Fsp3) is 0.923. The van der Waals surface area contributed by atoms with Gasteiger partial charge in [-0.1, -0.05) is 13.8 Å². The highest BCUT2D eigenvalue weighted by Crippen LogP contribution is 2.09. The molecule has 1 unspecified atom stereocenters. The molecule has 0 heterocycles. The van der Waals surface area contributed by atoms with Crippen LogP contribution in [0.1, 0.15) is 41.0 Å². The Morgan fingerprint density at radius 1 is 1.41 bits per heavy atom. The second kappa shape index (κ2) is 7.54. The Morgan fingerprint density at radius 3 is 2.47 bits per heavy atom. The first-order chi connectivity index (χ1) is 7.76. The molecular weight excluding hydrogens is 216 g/mol. The number of hydrogen-bond acceptors (Lipinski definition) is 3. The van der Waals surface area contributed by atoms with Crippen LogP contribution in [0.2, 0.25) is 0 Å². The molecule has 17 heavy (non-hydrogen) atoms. The second-order valence-electron chi connectivity index (χ2n) is 5.67. The zero-order chi connectivity index (χ0) is 13.5. The van der Waals surface area contributed by atoms with Gasteiger partial charge >= 0.3 is 6.09 Å². The third-order valence-corrected chi connectivity index (χ3v) is 2.21. The van der Waals surface area contributed by atoms with E-state index in [-0.39, 0.29) is 6.09 Å². The van der Waals surface area contributed by atoms with Crippen LogP contribution in [0.4, 0.5) is 4.79 Å². The van der Waals surface area contributed by atoms with E-state index in [9.17, 15) is 4.79 Å². The molecular formula is C13H28N2O2. The fourth-order valence-corrected chi connectivity index (χ4v) is 1.47. The topological polar surface area (TPSA) is 41.6 Å². The zero-order valence-corrected chi connectivity index (χ0v) is 12.2. The van der Waals surface area contributed by atoms with Crippen LogP contribution in [0.3, 0.4) is 0 Å². The van der Waals surface area contributed by atoms with Gasteiger partial charge in [-0.2, -0.15) is 0 Å². The van der Waals surface area contributed by atoms with Crippen LogP contribution < -0.4 is 5.32 Å². The molecule has 1 atom stereocenters. The summed E-state index contributed by atoms with van der Waals surface area (Å²) in [6, 6.07) is 0. The monoisotopic (exact) mass is 244 g/mol. The van der Waals surface area contributed by atoms with E-state index in [0.29, 0.717) is 12.5 Å². The minimum absolute atomic E-state index is 0.250. The first-order valence-corrected chi connectivity index (χ1v) is 6.41. The third-order valence-electron chi connectivity index (χ3n) is 2.21. The maximum Gasteiger partial charge on any atom is 0.410 e. The average Bonchev–Trinajstić information content (AvgIpc) is 2.15. The maximum absolute atomic E-state index is 11.7. The van der Waals surface area contributed by atoms with Crippen LogP contribution >= 0.6 is 0 Å². The van der Waals surface area contributed by atoms with Gasteiger partial charge in [-0.25, -0.2) is 4.79 Å². The number of hydrogen-bond donors (Lipinski definition) is 1. The van der Waals surface area contributed by atoms with Gasteiger partial charge in [-0.15, -0.1) is 0 Å². The molecule has 0 saturated carbocycles. The number of rotatable bonds is 6. The summed E-state index contributed by atoms with van der Waals surface area (Å²) >= 11 is 0. The lowest BCUT2D eigenvalue weighted by Gasteiger charge is -2.26. The molecule has 4 heteroatoms. The summed E-state index contributed by atoms with van der Waals surface area (Å²) in [5.41, 5.74) is -0.422. The van der Waals surface area contributed by atoms with Gasteiger partial charge in [0.05, 0.1) is 0 Å². The predicted molar refractivity (Wildman–Crippen MR) is 71.2 cm³/mol. The Hall–Kier alpha value is -0.770. The molecule has 0 aliphatic rings. The van der Waals surface area contributed by atoms with Crippen molar-refractivity contribution in [2.45, 2.75) is 46.6 Å². The molecule has 1 amide bonds.